The zero-order valence-electron chi connectivity index (χ0n) is 19.2. The van der Waals surface area contributed by atoms with E-state index in [1.807, 2.05) is 0 Å². The quantitative estimate of drug-likeness (QED) is 0.437. The Hall–Kier alpha value is -3.56. The van der Waals surface area contributed by atoms with Crippen LogP contribution in [0.25, 0.3) is 0 Å². The molecule has 3 atom stereocenters. The number of rotatable bonds is 9. The lowest BCUT2D eigenvalue weighted by Crippen LogP contribution is -2.67. The van der Waals surface area contributed by atoms with E-state index in [1.165, 1.54) is 18.3 Å². The van der Waals surface area contributed by atoms with Gasteiger partial charge in [-0.15, -0.1) is 0 Å². The van der Waals surface area contributed by atoms with Crippen molar-refractivity contribution in [3.63, 3.8) is 0 Å². The van der Waals surface area contributed by atoms with Crippen molar-refractivity contribution in [2.24, 2.45) is 5.92 Å². The highest BCUT2D eigenvalue weighted by atomic mass is 19.3. The van der Waals surface area contributed by atoms with E-state index in [0.29, 0.717) is 12.5 Å². The van der Waals surface area contributed by atoms with Crippen molar-refractivity contribution in [2.75, 3.05) is 12.3 Å². The first-order valence-corrected chi connectivity index (χ1v) is 10.9. The molecule has 2 aromatic rings. The minimum Gasteiger partial charge on any atom is -0.464 e. The number of nitrogen functional groups attached to an aromatic ring is 1. The van der Waals surface area contributed by atoms with Crippen molar-refractivity contribution in [2.45, 2.75) is 51.7 Å². The lowest BCUT2D eigenvalue weighted by molar-refractivity contribution is -0.179. The molecule has 2 N–H and O–H groups in total. The average molecular weight is 475 g/mol. The average Bonchev–Trinajstić information content (AvgIpc) is 2.75. The van der Waals surface area contributed by atoms with Gasteiger partial charge in [0.05, 0.1) is 12.5 Å². The molecule has 1 fully saturated rings. The fourth-order valence-corrected chi connectivity index (χ4v) is 3.95. The fourth-order valence-electron chi connectivity index (χ4n) is 3.95. The molecule has 0 unspecified atom stereocenters. The largest absolute Gasteiger partial charge is 0.464 e. The number of halogens is 2. The minimum absolute atomic E-state index is 0.00494. The van der Waals surface area contributed by atoms with Crippen LogP contribution in [0.4, 0.5) is 14.6 Å². The number of esters is 1. The molecule has 0 spiro atoms. The molecule has 2 heterocycles. The van der Waals surface area contributed by atoms with E-state index in [0.717, 1.165) is 10.5 Å². The lowest BCUT2D eigenvalue weighted by Gasteiger charge is -2.44. The maximum atomic E-state index is 13.0. The summed E-state index contributed by atoms with van der Waals surface area (Å²) in [5, 5.41) is 0. The zero-order valence-corrected chi connectivity index (χ0v) is 19.2. The van der Waals surface area contributed by atoms with Gasteiger partial charge in [-0.05, 0) is 54.7 Å². The molecule has 0 saturated carbocycles. The number of pyridine rings is 1. The summed E-state index contributed by atoms with van der Waals surface area (Å²) in [7, 11) is 0. The maximum absolute atomic E-state index is 13.0. The second-order valence-corrected chi connectivity index (χ2v) is 8.28. The number of alkyl halides is 2. The maximum Gasteiger partial charge on any atom is 0.394 e. The highest BCUT2D eigenvalue weighted by molar-refractivity contribution is 6.08. The molecule has 1 aromatic heterocycles. The Morgan fingerprint density at radius 3 is 2.50 bits per heavy atom. The first-order chi connectivity index (χ1) is 16.0. The molecule has 3 rings (SSSR count). The number of nitrogens with zero attached hydrogens (tertiary/aromatic N) is 2. The predicted octanol–water partition coefficient (Wildman–Crippen LogP) is 3.31. The molecule has 0 aliphatic carbocycles. The number of carbonyl (C=O) groups excluding carboxylic acids is 3. The van der Waals surface area contributed by atoms with Crippen molar-refractivity contribution < 1.29 is 32.6 Å². The summed E-state index contributed by atoms with van der Waals surface area (Å²) in [5.74, 6) is -2.41. The van der Waals surface area contributed by atoms with Gasteiger partial charge in [-0.2, -0.15) is 8.78 Å². The molecular weight excluding hydrogens is 448 g/mol. The molecule has 8 nitrogen and oxygen atoms in total. The van der Waals surface area contributed by atoms with Crippen LogP contribution in [0.1, 0.15) is 44.2 Å². The first kappa shape index (κ1) is 25.1. The number of carbonyl (C=O) groups is 3. The van der Waals surface area contributed by atoms with Crippen LogP contribution in [-0.4, -0.2) is 46.4 Å². The highest BCUT2D eigenvalue weighted by Gasteiger charge is 2.55. The number of aromatic nitrogens is 1. The van der Waals surface area contributed by atoms with Gasteiger partial charge >= 0.3 is 12.1 Å². The Labute approximate surface area is 196 Å². The predicted molar refractivity (Wildman–Crippen MR) is 119 cm³/mol. The normalized spacial score (nSPS) is 18.7. The standard InChI is InChI=1S/C24H27F2N3O5/c1-4-33-23(32)21-18(12-15-9-10-28-19(27)13-15)22(31)29(21)20(30)11-14(2)16-5-7-17(8-6-16)34-24(3,25)26/h5-10,13-14,18,21H,4,11-12H2,1-3H3,(H2,27,28)/t14-,18+,21-/m0/s1. The SMILES string of the molecule is CCOC(=O)[C@@H]1[C@@H](Cc2ccnc(N)c2)C(=O)N1C(=O)C[C@H](C)c1ccc(OC(C)(F)F)cc1. The molecule has 182 valence electrons. The second-order valence-electron chi connectivity index (χ2n) is 8.28. The summed E-state index contributed by atoms with van der Waals surface area (Å²) in [5.41, 5.74) is 7.12. The molecule has 1 aromatic carbocycles. The number of benzene rings is 1. The monoisotopic (exact) mass is 475 g/mol. The van der Waals surface area contributed by atoms with Crippen molar-refractivity contribution in [1.29, 1.82) is 0 Å². The number of hydrogen-bond acceptors (Lipinski definition) is 7. The van der Waals surface area contributed by atoms with E-state index in [4.69, 9.17) is 10.5 Å². The Morgan fingerprint density at radius 2 is 1.91 bits per heavy atom. The van der Waals surface area contributed by atoms with E-state index in [1.54, 1.807) is 38.1 Å². The summed E-state index contributed by atoms with van der Waals surface area (Å²) in [4.78, 5) is 43.3. The molecule has 10 heteroatoms. The number of anilines is 1. The van der Waals surface area contributed by atoms with E-state index < -0.39 is 35.9 Å². The molecule has 0 bridgehead atoms. The van der Waals surface area contributed by atoms with Gasteiger partial charge in [0.25, 0.3) is 0 Å². The smallest absolute Gasteiger partial charge is 0.394 e. The van der Waals surface area contributed by atoms with Gasteiger partial charge in [-0.1, -0.05) is 19.1 Å². The zero-order chi connectivity index (χ0) is 25.0. The number of ether oxygens (including phenoxy) is 2. The number of hydrogen-bond donors (Lipinski definition) is 1. The summed E-state index contributed by atoms with van der Waals surface area (Å²) in [6.07, 6.45) is -1.63. The van der Waals surface area contributed by atoms with Crippen molar-refractivity contribution in [1.82, 2.24) is 9.88 Å². The lowest BCUT2D eigenvalue weighted by atomic mass is 9.81. The van der Waals surface area contributed by atoms with Gasteiger partial charge in [-0.3, -0.25) is 14.5 Å². The number of β-lactam (4-membered cyclic amide) rings is 1. The third-order valence-corrected chi connectivity index (χ3v) is 5.54. The Morgan fingerprint density at radius 1 is 1.24 bits per heavy atom. The topological polar surface area (TPSA) is 112 Å². The van der Waals surface area contributed by atoms with Crippen LogP contribution >= 0.6 is 0 Å². The molecule has 2 amide bonds. The number of likely N-dealkylation sites (tertiary alicyclic amines) is 1. The van der Waals surface area contributed by atoms with Crippen molar-refractivity contribution in [3.8, 4) is 5.75 Å². The fraction of sp³-hybridized carbons (Fsp3) is 0.417. The highest BCUT2D eigenvalue weighted by Crippen LogP contribution is 2.34. The van der Waals surface area contributed by atoms with Gasteiger partial charge in [0, 0.05) is 19.5 Å². The Balaban J connectivity index is 1.70. The Bertz CT molecular complexity index is 1060. The number of imide groups is 1. The van der Waals surface area contributed by atoms with Crippen LogP contribution in [0.3, 0.4) is 0 Å². The van der Waals surface area contributed by atoms with E-state index in [9.17, 15) is 23.2 Å². The van der Waals surface area contributed by atoms with Crippen molar-refractivity contribution >= 4 is 23.6 Å². The molecule has 1 aliphatic rings. The number of nitrogens with two attached hydrogens (primary N) is 1. The van der Waals surface area contributed by atoms with Crippen LogP contribution in [0.15, 0.2) is 42.6 Å². The third kappa shape index (κ3) is 5.86. The van der Waals surface area contributed by atoms with Crippen LogP contribution in [-0.2, 0) is 25.5 Å². The molecule has 1 saturated heterocycles. The van der Waals surface area contributed by atoms with Crippen LogP contribution in [0.5, 0.6) is 5.75 Å². The molecule has 34 heavy (non-hydrogen) atoms. The van der Waals surface area contributed by atoms with Crippen LogP contribution in [0, 0.1) is 5.92 Å². The third-order valence-electron chi connectivity index (χ3n) is 5.54. The van der Waals surface area contributed by atoms with Crippen molar-refractivity contribution in [3.05, 3.63) is 53.7 Å². The van der Waals surface area contributed by atoms with E-state index in [-0.39, 0.29) is 36.9 Å². The summed E-state index contributed by atoms with van der Waals surface area (Å²) < 4.78 is 35.6. The van der Waals surface area contributed by atoms with Gasteiger partial charge in [0.15, 0.2) is 0 Å². The van der Waals surface area contributed by atoms with Gasteiger partial charge in [0.1, 0.15) is 17.6 Å². The molecule has 0 radical (unpaired) electrons. The van der Waals surface area contributed by atoms with Gasteiger partial charge in [-0.25, -0.2) is 9.78 Å². The number of amides is 2. The Kier molecular flexibility index (Phi) is 7.48. The minimum atomic E-state index is -3.30. The molecule has 1 aliphatic heterocycles. The van der Waals surface area contributed by atoms with Gasteiger partial charge < -0.3 is 15.2 Å². The molecular formula is C24H27F2N3O5. The second kappa shape index (κ2) is 10.1. The summed E-state index contributed by atoms with van der Waals surface area (Å²) in [6, 6.07) is 8.22. The van der Waals surface area contributed by atoms with Gasteiger partial charge in [0.2, 0.25) is 11.8 Å². The van der Waals surface area contributed by atoms with Crippen LogP contribution in [0.2, 0.25) is 0 Å². The van der Waals surface area contributed by atoms with E-state index >= 15 is 0 Å². The first-order valence-electron chi connectivity index (χ1n) is 10.9. The van der Waals surface area contributed by atoms with E-state index in [2.05, 4.69) is 9.72 Å². The summed E-state index contributed by atoms with van der Waals surface area (Å²) in [6.45, 7) is 4.17. The summed E-state index contributed by atoms with van der Waals surface area (Å²) >= 11 is 0. The van der Waals surface area contributed by atoms with Crippen LogP contribution < -0.4 is 10.5 Å².